The normalized spacial score (nSPS) is 21.3. The van der Waals surface area contributed by atoms with E-state index in [1.54, 1.807) is 37.8 Å². The molecule has 6 nitrogen and oxygen atoms in total. The van der Waals surface area contributed by atoms with Crippen molar-refractivity contribution in [3.63, 3.8) is 0 Å². The highest BCUT2D eigenvalue weighted by Gasteiger charge is 2.43. The molecule has 0 radical (unpaired) electrons. The van der Waals surface area contributed by atoms with E-state index in [9.17, 15) is 14.4 Å². The molecule has 1 aliphatic rings. The van der Waals surface area contributed by atoms with Crippen molar-refractivity contribution in [2.75, 3.05) is 0 Å². The average Bonchev–Trinajstić information content (AvgIpc) is 2.57. The number of esters is 1. The highest BCUT2D eigenvalue weighted by Crippen LogP contribution is 2.38. The molecule has 2 unspecified atom stereocenters. The molecule has 0 saturated carbocycles. The maximum atomic E-state index is 13.3. The summed E-state index contributed by atoms with van der Waals surface area (Å²) < 4.78 is 5.57. The molecule has 2 amide bonds. The van der Waals surface area contributed by atoms with Gasteiger partial charge in [-0.1, -0.05) is 30.7 Å². The van der Waals surface area contributed by atoms with Gasteiger partial charge in [0, 0.05) is 17.4 Å². The maximum absolute atomic E-state index is 13.3. The van der Waals surface area contributed by atoms with Gasteiger partial charge in [0.2, 0.25) is 11.8 Å². The van der Waals surface area contributed by atoms with E-state index < -0.39 is 29.4 Å². The third-order valence-electron chi connectivity index (χ3n) is 4.83. The van der Waals surface area contributed by atoms with Crippen LogP contribution in [-0.4, -0.2) is 34.3 Å². The van der Waals surface area contributed by atoms with Crippen LogP contribution in [0, 0.1) is 5.92 Å². The molecule has 1 aromatic rings. The van der Waals surface area contributed by atoms with Crippen LogP contribution in [0.2, 0.25) is 5.02 Å². The molecule has 1 aliphatic heterocycles. The zero-order valence-corrected chi connectivity index (χ0v) is 17.7. The van der Waals surface area contributed by atoms with Crippen LogP contribution in [-0.2, 0) is 19.1 Å². The van der Waals surface area contributed by atoms with Crippen molar-refractivity contribution in [2.24, 2.45) is 11.7 Å². The predicted molar refractivity (Wildman–Crippen MR) is 107 cm³/mol. The second-order valence-corrected chi connectivity index (χ2v) is 8.65. The first kappa shape index (κ1) is 22.2. The van der Waals surface area contributed by atoms with Crippen molar-refractivity contribution in [1.29, 1.82) is 0 Å². The lowest BCUT2D eigenvalue weighted by atomic mass is 9.85. The number of piperidine rings is 1. The van der Waals surface area contributed by atoms with E-state index in [0.717, 1.165) is 5.56 Å². The fourth-order valence-electron chi connectivity index (χ4n) is 3.65. The van der Waals surface area contributed by atoms with Gasteiger partial charge in [-0.2, -0.15) is 0 Å². The van der Waals surface area contributed by atoms with Crippen LogP contribution in [0.5, 0.6) is 0 Å². The smallest absolute Gasteiger partial charge is 0.329 e. The highest BCUT2D eigenvalue weighted by molar-refractivity contribution is 6.30. The van der Waals surface area contributed by atoms with E-state index in [0.29, 0.717) is 24.3 Å². The molecule has 1 fully saturated rings. The Labute approximate surface area is 171 Å². The van der Waals surface area contributed by atoms with Crippen LogP contribution in [0.15, 0.2) is 24.3 Å². The second-order valence-electron chi connectivity index (χ2n) is 8.22. The Bertz CT molecular complexity index is 727. The molecule has 2 rings (SSSR count). The number of rotatable bonds is 6. The van der Waals surface area contributed by atoms with Crippen molar-refractivity contribution in [1.82, 2.24) is 4.90 Å². The van der Waals surface area contributed by atoms with Gasteiger partial charge in [-0.05, 0) is 57.7 Å². The standard InChI is InChI=1S/C21H29ClN2O4/c1-5-16(20(27)28-21(2,3)4)24-17(13-6-9-15(22)10-7-13)11-8-14(19(24)26)12-18(23)25/h6-7,9-10,14,16-17H,5,8,11-12H2,1-4H3,(H2,23,25)/t14?,16-,17?/m0/s1. The first-order valence-electron chi connectivity index (χ1n) is 9.62. The van der Waals surface area contributed by atoms with Crippen LogP contribution < -0.4 is 5.73 Å². The van der Waals surface area contributed by atoms with E-state index >= 15 is 0 Å². The van der Waals surface area contributed by atoms with Gasteiger partial charge in [-0.15, -0.1) is 0 Å². The number of carbonyl (C=O) groups is 3. The number of nitrogens with two attached hydrogens (primary N) is 1. The SMILES string of the molecule is CC[C@@H](C(=O)OC(C)(C)C)N1C(=O)C(CC(N)=O)CCC1c1ccc(Cl)cc1. The maximum Gasteiger partial charge on any atom is 0.329 e. The zero-order valence-electron chi connectivity index (χ0n) is 16.9. The molecular weight excluding hydrogens is 380 g/mol. The van der Waals surface area contributed by atoms with Gasteiger partial charge in [0.05, 0.1) is 6.04 Å². The number of benzene rings is 1. The van der Waals surface area contributed by atoms with Crippen molar-refractivity contribution in [3.8, 4) is 0 Å². The molecule has 0 aliphatic carbocycles. The molecule has 0 bridgehead atoms. The summed E-state index contributed by atoms with van der Waals surface area (Å²) in [6.07, 6.45) is 1.56. The molecular formula is C21H29ClN2O4. The first-order chi connectivity index (χ1) is 13.0. The molecule has 0 spiro atoms. The van der Waals surface area contributed by atoms with Gasteiger partial charge < -0.3 is 15.4 Å². The molecule has 7 heteroatoms. The Morgan fingerprint density at radius 1 is 1.25 bits per heavy atom. The first-order valence-corrected chi connectivity index (χ1v) is 10.00. The Morgan fingerprint density at radius 3 is 2.36 bits per heavy atom. The molecule has 1 heterocycles. The number of ether oxygens (including phenoxy) is 1. The van der Waals surface area contributed by atoms with Crippen molar-refractivity contribution < 1.29 is 19.1 Å². The lowest BCUT2D eigenvalue weighted by Crippen LogP contribution is -2.53. The zero-order chi connectivity index (χ0) is 21.1. The monoisotopic (exact) mass is 408 g/mol. The van der Waals surface area contributed by atoms with Crippen molar-refractivity contribution in [2.45, 2.75) is 71.1 Å². The third kappa shape index (κ3) is 5.47. The number of hydrogen-bond acceptors (Lipinski definition) is 4. The average molecular weight is 409 g/mol. The molecule has 0 aromatic heterocycles. The van der Waals surface area contributed by atoms with Crippen LogP contribution in [0.1, 0.15) is 65.0 Å². The predicted octanol–water partition coefficient (Wildman–Crippen LogP) is 3.62. The molecule has 2 N–H and O–H groups in total. The topological polar surface area (TPSA) is 89.7 Å². The fourth-order valence-corrected chi connectivity index (χ4v) is 3.77. The number of carbonyl (C=O) groups excluding carboxylic acids is 3. The summed E-state index contributed by atoms with van der Waals surface area (Å²) in [5.41, 5.74) is 5.57. The van der Waals surface area contributed by atoms with Crippen LogP contribution in [0.25, 0.3) is 0 Å². The van der Waals surface area contributed by atoms with Crippen molar-refractivity contribution >= 4 is 29.4 Å². The summed E-state index contributed by atoms with van der Waals surface area (Å²) >= 11 is 6.00. The molecule has 1 saturated heterocycles. The van der Waals surface area contributed by atoms with Gasteiger partial charge in [-0.25, -0.2) is 4.79 Å². The Morgan fingerprint density at radius 2 is 1.86 bits per heavy atom. The van der Waals surface area contributed by atoms with Gasteiger partial charge in [-0.3, -0.25) is 9.59 Å². The third-order valence-corrected chi connectivity index (χ3v) is 5.08. The van der Waals surface area contributed by atoms with E-state index in [-0.39, 0.29) is 18.4 Å². The summed E-state index contributed by atoms with van der Waals surface area (Å²) in [5.74, 6) is -1.71. The fraction of sp³-hybridized carbons (Fsp3) is 0.571. The van der Waals surface area contributed by atoms with Crippen LogP contribution in [0.3, 0.4) is 0 Å². The van der Waals surface area contributed by atoms with E-state index in [2.05, 4.69) is 0 Å². The Balaban J connectivity index is 2.40. The van der Waals surface area contributed by atoms with Crippen LogP contribution in [0.4, 0.5) is 0 Å². The highest BCUT2D eigenvalue weighted by atomic mass is 35.5. The van der Waals surface area contributed by atoms with Gasteiger partial charge in [0.25, 0.3) is 0 Å². The number of primary amides is 1. The second kappa shape index (κ2) is 8.95. The Kier molecular flexibility index (Phi) is 7.10. The molecule has 28 heavy (non-hydrogen) atoms. The lowest BCUT2D eigenvalue weighted by molar-refractivity contribution is -0.170. The van der Waals surface area contributed by atoms with E-state index in [1.165, 1.54) is 0 Å². The summed E-state index contributed by atoms with van der Waals surface area (Å²) in [6, 6.07) is 6.24. The van der Waals surface area contributed by atoms with E-state index in [1.807, 2.05) is 19.1 Å². The number of halogens is 1. The van der Waals surface area contributed by atoms with E-state index in [4.69, 9.17) is 22.1 Å². The largest absolute Gasteiger partial charge is 0.458 e. The molecule has 1 aromatic carbocycles. The summed E-state index contributed by atoms with van der Waals surface area (Å²) in [6.45, 7) is 7.23. The minimum Gasteiger partial charge on any atom is -0.458 e. The van der Waals surface area contributed by atoms with Crippen molar-refractivity contribution in [3.05, 3.63) is 34.9 Å². The van der Waals surface area contributed by atoms with Gasteiger partial charge in [0.1, 0.15) is 11.6 Å². The number of hydrogen-bond donors (Lipinski definition) is 1. The van der Waals surface area contributed by atoms with Gasteiger partial charge in [0.15, 0.2) is 0 Å². The number of likely N-dealkylation sites (tertiary alicyclic amines) is 1. The summed E-state index contributed by atoms with van der Waals surface area (Å²) in [5, 5.41) is 0.600. The minimum absolute atomic E-state index is 0.0204. The quantitative estimate of drug-likeness (QED) is 0.728. The molecule has 154 valence electrons. The summed E-state index contributed by atoms with van der Waals surface area (Å²) in [7, 11) is 0. The van der Waals surface area contributed by atoms with Crippen LogP contribution >= 0.6 is 11.6 Å². The minimum atomic E-state index is -0.733. The lowest BCUT2D eigenvalue weighted by Gasteiger charge is -2.43. The van der Waals surface area contributed by atoms with Gasteiger partial charge >= 0.3 is 5.97 Å². The molecule has 3 atom stereocenters. The summed E-state index contributed by atoms with van der Waals surface area (Å²) in [4.78, 5) is 39.1. The Hall–Kier alpha value is -2.08. The number of amides is 2. The number of nitrogens with zero attached hydrogens (tertiary/aromatic N) is 1.